The van der Waals surface area contributed by atoms with Crippen LogP contribution in [0, 0.1) is 5.92 Å². The third-order valence-electron chi connectivity index (χ3n) is 4.46. The molecule has 6 heteroatoms. The van der Waals surface area contributed by atoms with Crippen LogP contribution < -0.4 is 0 Å². The number of imide groups is 1. The van der Waals surface area contributed by atoms with Crippen LogP contribution in [0.3, 0.4) is 0 Å². The fourth-order valence-corrected chi connectivity index (χ4v) is 4.60. The normalized spacial score (nSPS) is 35.0. The van der Waals surface area contributed by atoms with Gasteiger partial charge >= 0.3 is 0 Å². The number of nitrogens with zero attached hydrogens (tertiary/aromatic N) is 1. The Morgan fingerprint density at radius 2 is 1.86 bits per heavy atom. The minimum Gasteiger partial charge on any atom is -0.388 e. The van der Waals surface area contributed by atoms with Gasteiger partial charge in [0.05, 0.1) is 17.2 Å². The van der Waals surface area contributed by atoms with E-state index in [9.17, 15) is 14.7 Å². The van der Waals surface area contributed by atoms with Gasteiger partial charge in [0.25, 0.3) is 11.8 Å². The zero-order valence-electron chi connectivity index (χ0n) is 11.3. The first kappa shape index (κ1) is 13.3. The lowest BCUT2D eigenvalue weighted by atomic mass is 9.98. The van der Waals surface area contributed by atoms with Gasteiger partial charge in [-0.1, -0.05) is 12.1 Å². The Morgan fingerprint density at radius 3 is 2.48 bits per heavy atom. The predicted octanol–water partition coefficient (Wildman–Crippen LogP) is 1.12. The molecule has 3 aliphatic heterocycles. The van der Waals surface area contributed by atoms with Crippen LogP contribution in [0.5, 0.6) is 0 Å². The molecule has 110 valence electrons. The Bertz CT molecular complexity index is 584. The van der Waals surface area contributed by atoms with E-state index >= 15 is 0 Å². The zero-order chi connectivity index (χ0) is 14.6. The van der Waals surface area contributed by atoms with E-state index in [-0.39, 0.29) is 23.8 Å². The maximum Gasteiger partial charge on any atom is 0.263 e. The molecule has 21 heavy (non-hydrogen) atoms. The highest BCUT2D eigenvalue weighted by atomic mass is 32.2. The van der Waals surface area contributed by atoms with E-state index in [1.54, 1.807) is 36.0 Å². The van der Waals surface area contributed by atoms with E-state index in [0.29, 0.717) is 11.1 Å². The van der Waals surface area contributed by atoms with E-state index < -0.39 is 12.3 Å². The molecule has 0 aromatic heterocycles. The summed E-state index contributed by atoms with van der Waals surface area (Å²) in [5, 5.41) is 10.5. The van der Waals surface area contributed by atoms with Crippen molar-refractivity contribution in [2.24, 2.45) is 5.92 Å². The molecule has 4 rings (SSSR count). The molecular formula is C15H15NO4S. The molecule has 3 aliphatic rings. The average Bonchev–Trinajstić information content (AvgIpc) is 2.96. The molecule has 1 aromatic rings. The van der Waals surface area contributed by atoms with Crippen molar-refractivity contribution < 1.29 is 19.4 Å². The van der Waals surface area contributed by atoms with Crippen LogP contribution in [-0.4, -0.2) is 51.8 Å². The lowest BCUT2D eigenvalue weighted by Gasteiger charge is -2.25. The maximum atomic E-state index is 12.5. The number of amides is 2. The predicted molar refractivity (Wildman–Crippen MR) is 77.0 cm³/mol. The molecule has 0 bridgehead atoms. The van der Waals surface area contributed by atoms with Gasteiger partial charge in [-0.25, -0.2) is 4.90 Å². The molecule has 2 saturated heterocycles. The quantitative estimate of drug-likeness (QED) is 0.788. The van der Waals surface area contributed by atoms with Gasteiger partial charge in [0.1, 0.15) is 6.10 Å². The van der Waals surface area contributed by atoms with Crippen LogP contribution >= 0.6 is 11.8 Å². The van der Waals surface area contributed by atoms with Crippen molar-refractivity contribution in [1.82, 2.24) is 4.90 Å². The molecule has 0 saturated carbocycles. The van der Waals surface area contributed by atoms with Crippen molar-refractivity contribution in [2.75, 3.05) is 11.5 Å². The standard InChI is InChI=1S/C15H15NO4S/c17-12-10-7-21-6-5-11(10)20-15(12)16-13(18)8-3-1-2-4-9(8)14(16)19/h1-4,10-12,15,17H,5-7H2/t10?,11?,12-,15?/m1/s1. The molecule has 3 heterocycles. The largest absolute Gasteiger partial charge is 0.388 e. The van der Waals surface area contributed by atoms with E-state index in [2.05, 4.69) is 0 Å². The minimum atomic E-state index is -0.855. The van der Waals surface area contributed by atoms with Crippen LogP contribution in [0.25, 0.3) is 0 Å². The van der Waals surface area contributed by atoms with E-state index in [4.69, 9.17) is 4.74 Å². The summed E-state index contributed by atoms with van der Waals surface area (Å²) in [4.78, 5) is 26.0. The molecule has 5 nitrogen and oxygen atoms in total. The number of aliphatic hydroxyl groups is 1. The molecular weight excluding hydrogens is 290 g/mol. The van der Waals surface area contributed by atoms with Crippen molar-refractivity contribution in [2.45, 2.75) is 24.9 Å². The molecule has 0 spiro atoms. The Hall–Kier alpha value is -1.37. The van der Waals surface area contributed by atoms with Crippen LogP contribution in [0.2, 0.25) is 0 Å². The van der Waals surface area contributed by atoms with Gasteiger partial charge in [0.15, 0.2) is 6.23 Å². The van der Waals surface area contributed by atoms with E-state index in [1.807, 2.05) is 0 Å². The van der Waals surface area contributed by atoms with Gasteiger partial charge in [-0.05, 0) is 24.3 Å². The van der Waals surface area contributed by atoms with Crippen LogP contribution in [-0.2, 0) is 4.74 Å². The number of rotatable bonds is 1. The molecule has 0 aliphatic carbocycles. The maximum absolute atomic E-state index is 12.5. The molecule has 3 unspecified atom stereocenters. The van der Waals surface area contributed by atoms with E-state index in [0.717, 1.165) is 22.8 Å². The average molecular weight is 305 g/mol. The fraction of sp³-hybridized carbons (Fsp3) is 0.467. The number of benzene rings is 1. The fourth-order valence-electron chi connectivity index (χ4n) is 3.35. The lowest BCUT2D eigenvalue weighted by Crippen LogP contribution is -2.46. The van der Waals surface area contributed by atoms with Crippen molar-refractivity contribution in [3.05, 3.63) is 35.4 Å². The molecule has 4 atom stereocenters. The molecule has 2 amide bonds. The van der Waals surface area contributed by atoms with E-state index in [1.165, 1.54) is 0 Å². The van der Waals surface area contributed by atoms with Crippen molar-refractivity contribution in [3.63, 3.8) is 0 Å². The first-order valence-electron chi connectivity index (χ1n) is 7.06. The number of thioether (sulfide) groups is 1. The number of aliphatic hydroxyl groups excluding tert-OH is 1. The SMILES string of the molecule is O=C1c2ccccc2C(=O)N1C1OC2CCSCC2[C@H]1O. The van der Waals surface area contributed by atoms with Crippen LogP contribution in [0.1, 0.15) is 27.1 Å². The number of fused-ring (bicyclic) bond motifs is 2. The van der Waals surface area contributed by atoms with Gasteiger partial charge in [-0.2, -0.15) is 11.8 Å². The Kier molecular flexibility index (Phi) is 3.06. The summed E-state index contributed by atoms with van der Waals surface area (Å²) in [7, 11) is 0. The molecule has 2 fully saturated rings. The second-order valence-electron chi connectivity index (χ2n) is 5.61. The van der Waals surface area contributed by atoms with Crippen molar-refractivity contribution in [3.8, 4) is 0 Å². The van der Waals surface area contributed by atoms with Gasteiger partial charge in [-0.3, -0.25) is 9.59 Å². The minimum absolute atomic E-state index is 0.00179. The highest BCUT2D eigenvalue weighted by molar-refractivity contribution is 7.99. The lowest BCUT2D eigenvalue weighted by molar-refractivity contribution is -0.0608. The van der Waals surface area contributed by atoms with Gasteiger partial charge in [0, 0.05) is 11.7 Å². The zero-order valence-corrected chi connectivity index (χ0v) is 12.1. The second-order valence-corrected chi connectivity index (χ2v) is 6.76. The summed E-state index contributed by atoms with van der Waals surface area (Å²) in [5.74, 6) is 1.06. The summed E-state index contributed by atoms with van der Waals surface area (Å²) in [6.45, 7) is 0. The van der Waals surface area contributed by atoms with Gasteiger partial charge < -0.3 is 9.84 Å². The van der Waals surface area contributed by atoms with Crippen molar-refractivity contribution >= 4 is 23.6 Å². The first-order chi connectivity index (χ1) is 10.2. The summed E-state index contributed by atoms with van der Waals surface area (Å²) < 4.78 is 5.85. The number of carbonyl (C=O) groups is 2. The Labute approximate surface area is 126 Å². The Balaban J connectivity index is 1.66. The third kappa shape index (κ3) is 1.86. The molecule has 1 aromatic carbocycles. The summed E-state index contributed by atoms with van der Waals surface area (Å²) in [6, 6.07) is 6.74. The number of carbonyl (C=O) groups excluding carboxylic acids is 2. The van der Waals surface area contributed by atoms with Crippen LogP contribution in [0.4, 0.5) is 0 Å². The number of hydrogen-bond donors (Lipinski definition) is 1. The van der Waals surface area contributed by atoms with Gasteiger partial charge in [0.2, 0.25) is 0 Å². The van der Waals surface area contributed by atoms with Crippen LogP contribution in [0.15, 0.2) is 24.3 Å². The topological polar surface area (TPSA) is 66.8 Å². The molecule has 0 radical (unpaired) electrons. The highest BCUT2D eigenvalue weighted by Crippen LogP contribution is 2.39. The summed E-state index contributed by atoms with van der Waals surface area (Å²) in [6.07, 6.45) is -0.863. The third-order valence-corrected chi connectivity index (χ3v) is 5.60. The summed E-state index contributed by atoms with van der Waals surface area (Å²) in [5.41, 5.74) is 0.782. The number of ether oxygens (including phenoxy) is 1. The van der Waals surface area contributed by atoms with Crippen molar-refractivity contribution in [1.29, 1.82) is 0 Å². The Morgan fingerprint density at radius 1 is 1.19 bits per heavy atom. The summed E-state index contributed by atoms with van der Waals surface area (Å²) >= 11 is 1.78. The molecule has 1 N–H and O–H groups in total. The second kappa shape index (κ2) is 4.83. The smallest absolute Gasteiger partial charge is 0.263 e. The number of hydrogen-bond acceptors (Lipinski definition) is 5. The van der Waals surface area contributed by atoms with Gasteiger partial charge in [-0.15, -0.1) is 0 Å². The first-order valence-corrected chi connectivity index (χ1v) is 8.22. The monoisotopic (exact) mass is 305 g/mol. The highest BCUT2D eigenvalue weighted by Gasteiger charge is 2.52.